The van der Waals surface area contributed by atoms with Gasteiger partial charge in [0.2, 0.25) is 0 Å². The van der Waals surface area contributed by atoms with Crippen LogP contribution in [0.2, 0.25) is 0 Å². The predicted octanol–water partition coefficient (Wildman–Crippen LogP) is 3.10. The Morgan fingerprint density at radius 2 is 1.93 bits per heavy atom. The summed E-state index contributed by atoms with van der Waals surface area (Å²) < 4.78 is 0. The second-order valence-corrected chi connectivity index (χ2v) is 7.38. The standard InChI is InChI=1S/C20H25N3O4S/c1-3-22(12-13-24)11-10-21-20(25)16-6-9-19(18(14-16)23(26)27)28-17-7-4-15(2)5-8-17/h4-9,14,24H,3,10-13H2,1-2H3,(H,21,25). The molecule has 0 saturated carbocycles. The summed E-state index contributed by atoms with van der Waals surface area (Å²) in [6.45, 7) is 6.34. The maximum Gasteiger partial charge on any atom is 0.284 e. The van der Waals surface area contributed by atoms with Crippen LogP contribution < -0.4 is 5.32 Å². The molecular weight excluding hydrogens is 378 g/mol. The summed E-state index contributed by atoms with van der Waals surface area (Å²) in [6.07, 6.45) is 0. The van der Waals surface area contributed by atoms with Gasteiger partial charge >= 0.3 is 0 Å². The third-order valence-corrected chi connectivity index (χ3v) is 5.32. The number of benzene rings is 2. The molecule has 2 aromatic rings. The highest BCUT2D eigenvalue weighted by Gasteiger charge is 2.18. The van der Waals surface area contributed by atoms with Crippen LogP contribution >= 0.6 is 11.8 Å². The predicted molar refractivity (Wildman–Crippen MR) is 110 cm³/mol. The van der Waals surface area contributed by atoms with Crippen molar-refractivity contribution in [3.63, 3.8) is 0 Å². The van der Waals surface area contributed by atoms with Crippen LogP contribution in [-0.2, 0) is 0 Å². The first-order valence-corrected chi connectivity index (χ1v) is 9.90. The normalized spacial score (nSPS) is 10.9. The number of aryl methyl sites for hydroxylation is 1. The van der Waals surface area contributed by atoms with E-state index >= 15 is 0 Å². The summed E-state index contributed by atoms with van der Waals surface area (Å²) >= 11 is 1.30. The molecule has 0 atom stereocenters. The topological polar surface area (TPSA) is 95.7 Å². The summed E-state index contributed by atoms with van der Waals surface area (Å²) in [5.74, 6) is -0.352. The lowest BCUT2D eigenvalue weighted by atomic mass is 10.2. The molecule has 28 heavy (non-hydrogen) atoms. The van der Waals surface area contributed by atoms with E-state index in [1.165, 1.54) is 17.8 Å². The fraction of sp³-hybridized carbons (Fsp3) is 0.350. The number of amides is 1. The van der Waals surface area contributed by atoms with Gasteiger partial charge in [-0.1, -0.05) is 36.4 Å². The Labute approximate surface area is 168 Å². The number of hydrogen-bond donors (Lipinski definition) is 2. The van der Waals surface area contributed by atoms with Crippen LogP contribution in [0.25, 0.3) is 0 Å². The fourth-order valence-corrected chi connectivity index (χ4v) is 3.52. The molecule has 0 aliphatic rings. The number of nitro groups is 1. The average Bonchev–Trinajstić information content (AvgIpc) is 2.69. The first kappa shape index (κ1) is 21.9. The van der Waals surface area contributed by atoms with Crippen LogP contribution in [0.1, 0.15) is 22.8 Å². The average molecular weight is 404 g/mol. The first-order chi connectivity index (χ1) is 13.4. The molecule has 2 rings (SSSR count). The van der Waals surface area contributed by atoms with Crippen molar-refractivity contribution in [2.75, 3.05) is 32.8 Å². The molecule has 0 spiro atoms. The van der Waals surface area contributed by atoms with Crippen LogP contribution in [0.3, 0.4) is 0 Å². The number of likely N-dealkylation sites (N-methyl/N-ethyl adjacent to an activating group) is 1. The van der Waals surface area contributed by atoms with E-state index in [0.717, 1.165) is 17.0 Å². The number of carbonyl (C=O) groups is 1. The zero-order valence-corrected chi connectivity index (χ0v) is 16.9. The Bertz CT molecular complexity index is 812. The fourth-order valence-electron chi connectivity index (χ4n) is 2.62. The van der Waals surface area contributed by atoms with Crippen LogP contribution in [0.5, 0.6) is 0 Å². The summed E-state index contributed by atoms with van der Waals surface area (Å²) in [7, 11) is 0. The monoisotopic (exact) mass is 403 g/mol. The minimum atomic E-state index is -0.465. The molecule has 8 heteroatoms. The van der Waals surface area contributed by atoms with E-state index in [-0.39, 0.29) is 23.8 Å². The SMILES string of the molecule is CCN(CCO)CCNC(=O)c1ccc(Sc2ccc(C)cc2)c([N+](=O)[O-])c1. The zero-order valence-electron chi connectivity index (χ0n) is 16.1. The second kappa shape index (κ2) is 10.8. The van der Waals surface area contributed by atoms with Gasteiger partial charge in [0.1, 0.15) is 0 Å². The summed E-state index contributed by atoms with van der Waals surface area (Å²) in [5.41, 5.74) is 1.28. The molecule has 2 aromatic carbocycles. The molecule has 2 N–H and O–H groups in total. The molecule has 0 heterocycles. The Morgan fingerprint density at radius 1 is 1.21 bits per heavy atom. The molecule has 0 fully saturated rings. The lowest BCUT2D eigenvalue weighted by molar-refractivity contribution is -0.387. The third-order valence-electron chi connectivity index (χ3n) is 4.24. The molecule has 1 amide bonds. The van der Waals surface area contributed by atoms with E-state index in [1.54, 1.807) is 12.1 Å². The molecule has 0 bridgehead atoms. The van der Waals surface area contributed by atoms with Crippen molar-refractivity contribution < 1.29 is 14.8 Å². The van der Waals surface area contributed by atoms with Crippen LogP contribution in [0.15, 0.2) is 52.3 Å². The summed E-state index contributed by atoms with van der Waals surface area (Å²) in [6, 6.07) is 12.3. The van der Waals surface area contributed by atoms with Crippen molar-refractivity contribution in [3.8, 4) is 0 Å². The zero-order chi connectivity index (χ0) is 20.5. The van der Waals surface area contributed by atoms with Crippen molar-refractivity contribution in [1.82, 2.24) is 10.2 Å². The van der Waals surface area contributed by atoms with Crippen molar-refractivity contribution >= 4 is 23.4 Å². The quantitative estimate of drug-likeness (QED) is 0.467. The van der Waals surface area contributed by atoms with Crippen molar-refractivity contribution in [2.45, 2.75) is 23.6 Å². The highest BCUT2D eigenvalue weighted by atomic mass is 32.2. The van der Waals surface area contributed by atoms with Gasteiger partial charge in [0.25, 0.3) is 11.6 Å². The number of nitrogens with one attached hydrogen (secondary N) is 1. The van der Waals surface area contributed by atoms with Crippen molar-refractivity contribution in [1.29, 1.82) is 0 Å². The van der Waals surface area contributed by atoms with Gasteiger partial charge in [-0.25, -0.2) is 0 Å². The molecule has 0 radical (unpaired) electrons. The molecule has 150 valence electrons. The van der Waals surface area contributed by atoms with Crippen molar-refractivity contribution in [3.05, 3.63) is 63.7 Å². The Balaban J connectivity index is 2.07. The number of nitro benzene ring substituents is 1. The molecule has 0 saturated heterocycles. The molecule has 0 aliphatic heterocycles. The lowest BCUT2D eigenvalue weighted by Gasteiger charge is -2.19. The van der Waals surface area contributed by atoms with Gasteiger partial charge in [-0.05, 0) is 37.7 Å². The third kappa shape index (κ3) is 6.33. The maximum absolute atomic E-state index is 12.3. The molecule has 0 aromatic heterocycles. The minimum absolute atomic E-state index is 0.0636. The number of hydrogen-bond acceptors (Lipinski definition) is 6. The first-order valence-electron chi connectivity index (χ1n) is 9.09. The lowest BCUT2D eigenvalue weighted by Crippen LogP contribution is -2.36. The molecular formula is C20H25N3O4S. The van der Waals surface area contributed by atoms with Crippen LogP contribution in [0.4, 0.5) is 5.69 Å². The van der Waals surface area contributed by atoms with Gasteiger partial charge in [-0.2, -0.15) is 0 Å². The highest BCUT2D eigenvalue weighted by molar-refractivity contribution is 7.99. The van der Waals surface area contributed by atoms with Gasteiger partial charge in [-0.3, -0.25) is 19.8 Å². The number of aliphatic hydroxyl groups is 1. The highest BCUT2D eigenvalue weighted by Crippen LogP contribution is 2.35. The summed E-state index contributed by atoms with van der Waals surface area (Å²) in [4.78, 5) is 26.8. The van der Waals surface area contributed by atoms with E-state index in [2.05, 4.69) is 5.32 Å². The smallest absolute Gasteiger partial charge is 0.284 e. The van der Waals surface area contributed by atoms with Crippen LogP contribution in [0, 0.1) is 17.0 Å². The van der Waals surface area contributed by atoms with Gasteiger partial charge in [0, 0.05) is 36.2 Å². The number of aliphatic hydroxyl groups excluding tert-OH is 1. The molecule has 0 unspecified atom stereocenters. The van der Waals surface area contributed by atoms with E-state index < -0.39 is 4.92 Å². The number of nitrogens with zero attached hydrogens (tertiary/aromatic N) is 2. The minimum Gasteiger partial charge on any atom is -0.395 e. The van der Waals surface area contributed by atoms with E-state index in [0.29, 0.717) is 24.5 Å². The van der Waals surface area contributed by atoms with E-state index in [1.807, 2.05) is 43.0 Å². The van der Waals surface area contributed by atoms with E-state index in [4.69, 9.17) is 5.11 Å². The number of carbonyl (C=O) groups excluding carboxylic acids is 1. The Kier molecular flexibility index (Phi) is 8.43. The Hall–Kier alpha value is -2.42. The van der Waals surface area contributed by atoms with Gasteiger partial charge in [0.05, 0.1) is 16.4 Å². The number of rotatable bonds is 10. The Morgan fingerprint density at radius 3 is 2.54 bits per heavy atom. The van der Waals surface area contributed by atoms with Crippen molar-refractivity contribution in [2.24, 2.45) is 0 Å². The molecule has 0 aliphatic carbocycles. The van der Waals surface area contributed by atoms with Gasteiger partial charge in [-0.15, -0.1) is 0 Å². The maximum atomic E-state index is 12.3. The molecule has 7 nitrogen and oxygen atoms in total. The van der Waals surface area contributed by atoms with Gasteiger partial charge < -0.3 is 10.4 Å². The van der Waals surface area contributed by atoms with E-state index in [9.17, 15) is 14.9 Å². The largest absolute Gasteiger partial charge is 0.395 e. The second-order valence-electron chi connectivity index (χ2n) is 6.27. The summed E-state index contributed by atoms with van der Waals surface area (Å²) in [5, 5.41) is 23.2. The van der Waals surface area contributed by atoms with Crippen LogP contribution in [-0.4, -0.2) is 53.6 Å². The van der Waals surface area contributed by atoms with Gasteiger partial charge in [0.15, 0.2) is 0 Å².